The summed E-state index contributed by atoms with van der Waals surface area (Å²) in [5.74, 6) is 0.705. The second kappa shape index (κ2) is 7.92. The van der Waals surface area contributed by atoms with Crippen LogP contribution in [0.15, 0.2) is 46.9 Å². The Morgan fingerprint density at radius 2 is 2.04 bits per heavy atom. The van der Waals surface area contributed by atoms with Crippen molar-refractivity contribution in [1.29, 1.82) is 0 Å². The first-order valence-corrected chi connectivity index (χ1v) is 8.14. The maximum absolute atomic E-state index is 12.3. The number of halogens is 1. The summed E-state index contributed by atoms with van der Waals surface area (Å²) in [6.07, 6.45) is 0. The lowest BCUT2D eigenvalue weighted by atomic mass is 10.2. The lowest BCUT2D eigenvalue weighted by Gasteiger charge is -2.11. The predicted octanol–water partition coefficient (Wildman–Crippen LogP) is 4.64. The molecule has 1 N–H and O–H groups in total. The summed E-state index contributed by atoms with van der Waals surface area (Å²) in [5.41, 5.74) is 0.710. The topological polar surface area (TPSA) is 81.5 Å². The van der Waals surface area contributed by atoms with Crippen LogP contribution in [0.3, 0.4) is 0 Å². The highest BCUT2D eigenvalue weighted by molar-refractivity contribution is 9.10. The lowest BCUT2D eigenvalue weighted by molar-refractivity contribution is -0.384. The van der Waals surface area contributed by atoms with Gasteiger partial charge in [-0.3, -0.25) is 14.9 Å². The molecule has 0 unspecified atom stereocenters. The summed E-state index contributed by atoms with van der Waals surface area (Å²) >= 11 is 3.39. The summed E-state index contributed by atoms with van der Waals surface area (Å²) in [4.78, 5) is 22.5. The van der Waals surface area contributed by atoms with E-state index >= 15 is 0 Å². The third-order valence-electron chi connectivity index (χ3n) is 3.08. The van der Waals surface area contributed by atoms with E-state index < -0.39 is 4.92 Å². The largest absolute Gasteiger partial charge is 0.492 e. The van der Waals surface area contributed by atoms with Crippen molar-refractivity contribution >= 4 is 33.2 Å². The molecular weight excluding hydrogens is 376 g/mol. The van der Waals surface area contributed by atoms with E-state index in [0.29, 0.717) is 34.0 Å². The number of hydrogen-bond acceptors (Lipinski definition) is 4. The van der Waals surface area contributed by atoms with Crippen LogP contribution in [0.25, 0.3) is 0 Å². The zero-order chi connectivity index (χ0) is 17.7. The van der Waals surface area contributed by atoms with Gasteiger partial charge < -0.3 is 10.1 Å². The van der Waals surface area contributed by atoms with Crippen molar-refractivity contribution in [3.05, 3.63) is 62.6 Å². The minimum atomic E-state index is -0.507. The molecule has 0 saturated carbocycles. The van der Waals surface area contributed by atoms with Crippen LogP contribution in [0.2, 0.25) is 0 Å². The molecule has 7 heteroatoms. The summed E-state index contributed by atoms with van der Waals surface area (Å²) in [7, 11) is 0. The van der Waals surface area contributed by atoms with E-state index in [9.17, 15) is 14.9 Å². The van der Waals surface area contributed by atoms with Gasteiger partial charge >= 0.3 is 0 Å². The Morgan fingerprint density at radius 1 is 1.29 bits per heavy atom. The van der Waals surface area contributed by atoms with Crippen molar-refractivity contribution in [1.82, 2.24) is 0 Å². The molecule has 0 spiro atoms. The molecule has 2 aromatic carbocycles. The van der Waals surface area contributed by atoms with Gasteiger partial charge in [-0.25, -0.2) is 0 Å². The number of carbonyl (C=O) groups excluding carboxylic acids is 1. The molecule has 1 amide bonds. The molecule has 2 rings (SSSR count). The minimum absolute atomic E-state index is 0.0774. The molecule has 0 heterocycles. The predicted molar refractivity (Wildman–Crippen MR) is 95.5 cm³/mol. The van der Waals surface area contributed by atoms with Gasteiger partial charge in [0.05, 0.1) is 16.0 Å². The Kier molecular flexibility index (Phi) is 5.92. The molecule has 0 fully saturated rings. The quantitative estimate of drug-likeness (QED) is 0.573. The molecule has 6 nitrogen and oxygen atoms in total. The summed E-state index contributed by atoms with van der Waals surface area (Å²) < 4.78 is 6.32. The first-order valence-electron chi connectivity index (χ1n) is 7.35. The van der Waals surface area contributed by atoms with Crippen molar-refractivity contribution in [3.63, 3.8) is 0 Å². The number of ether oxygens (including phenoxy) is 1. The summed E-state index contributed by atoms with van der Waals surface area (Å²) in [5, 5.41) is 13.4. The molecular formula is C17H17BrN2O4. The van der Waals surface area contributed by atoms with Crippen LogP contribution in [-0.2, 0) is 0 Å². The molecule has 126 valence electrons. The van der Waals surface area contributed by atoms with Crippen LogP contribution in [0.5, 0.6) is 5.75 Å². The first kappa shape index (κ1) is 17.9. The number of nitro benzene ring substituents is 1. The molecule has 0 aliphatic carbocycles. The molecule has 0 aliphatic rings. The zero-order valence-corrected chi connectivity index (χ0v) is 14.9. The maximum atomic E-state index is 12.3. The van der Waals surface area contributed by atoms with Crippen LogP contribution < -0.4 is 10.1 Å². The number of nitrogens with zero attached hydrogens (tertiary/aromatic N) is 1. The highest BCUT2D eigenvalue weighted by Crippen LogP contribution is 2.27. The van der Waals surface area contributed by atoms with Crippen LogP contribution in [0.4, 0.5) is 11.4 Å². The molecule has 0 aromatic heterocycles. The summed E-state index contributed by atoms with van der Waals surface area (Å²) in [6.45, 7) is 4.68. The van der Waals surface area contributed by atoms with E-state index in [2.05, 4.69) is 35.1 Å². The number of nitro groups is 1. The fraction of sp³-hybridized carbons (Fsp3) is 0.235. The van der Waals surface area contributed by atoms with Crippen LogP contribution in [0.1, 0.15) is 24.2 Å². The fourth-order valence-electron chi connectivity index (χ4n) is 1.92. The molecule has 0 saturated heterocycles. The monoisotopic (exact) mass is 392 g/mol. The minimum Gasteiger partial charge on any atom is -0.492 e. The zero-order valence-electron chi connectivity index (χ0n) is 13.3. The van der Waals surface area contributed by atoms with E-state index in [-0.39, 0.29) is 11.6 Å². The Hall–Kier alpha value is -2.41. The van der Waals surface area contributed by atoms with E-state index in [4.69, 9.17) is 4.74 Å². The van der Waals surface area contributed by atoms with Gasteiger partial charge in [0.25, 0.3) is 11.6 Å². The second-order valence-electron chi connectivity index (χ2n) is 5.61. The van der Waals surface area contributed by atoms with Gasteiger partial charge in [0.1, 0.15) is 5.75 Å². The van der Waals surface area contributed by atoms with Crippen LogP contribution >= 0.6 is 15.9 Å². The van der Waals surface area contributed by atoms with Gasteiger partial charge in [0.15, 0.2) is 0 Å². The smallest absolute Gasteiger partial charge is 0.271 e. The van der Waals surface area contributed by atoms with Crippen molar-refractivity contribution < 1.29 is 14.5 Å². The van der Waals surface area contributed by atoms with Crippen molar-refractivity contribution in [3.8, 4) is 5.75 Å². The van der Waals surface area contributed by atoms with Gasteiger partial charge in [0, 0.05) is 23.4 Å². The number of amides is 1. The van der Waals surface area contributed by atoms with Crippen molar-refractivity contribution in [2.24, 2.45) is 5.92 Å². The fourth-order valence-corrected chi connectivity index (χ4v) is 2.41. The molecule has 0 bridgehead atoms. The van der Waals surface area contributed by atoms with Gasteiger partial charge in [-0.15, -0.1) is 0 Å². The number of rotatable bonds is 6. The van der Waals surface area contributed by atoms with Crippen molar-refractivity contribution in [2.45, 2.75) is 13.8 Å². The Morgan fingerprint density at radius 3 is 2.67 bits per heavy atom. The van der Waals surface area contributed by atoms with E-state index in [1.165, 1.54) is 18.2 Å². The van der Waals surface area contributed by atoms with Gasteiger partial charge in [-0.05, 0) is 46.1 Å². The number of non-ortho nitro benzene ring substituents is 1. The normalized spacial score (nSPS) is 10.5. The Balaban J connectivity index is 2.11. The van der Waals surface area contributed by atoms with Crippen molar-refractivity contribution in [2.75, 3.05) is 11.9 Å². The number of hydrogen-bond donors (Lipinski definition) is 1. The number of carbonyl (C=O) groups is 1. The van der Waals surface area contributed by atoms with Gasteiger partial charge in [-0.1, -0.05) is 19.9 Å². The average molecular weight is 393 g/mol. The van der Waals surface area contributed by atoms with Gasteiger partial charge in [-0.2, -0.15) is 0 Å². The molecule has 0 radical (unpaired) electrons. The highest BCUT2D eigenvalue weighted by atomic mass is 79.9. The van der Waals surface area contributed by atoms with E-state index in [1.54, 1.807) is 24.3 Å². The Labute approximate surface area is 148 Å². The van der Waals surface area contributed by atoms with Crippen LogP contribution in [0, 0.1) is 16.0 Å². The maximum Gasteiger partial charge on any atom is 0.271 e. The van der Waals surface area contributed by atoms with E-state index in [0.717, 1.165) is 0 Å². The average Bonchev–Trinajstić information content (AvgIpc) is 2.53. The SMILES string of the molecule is CC(C)COc1ccc(C(=O)Nc2cccc([N+](=O)[O-])c2)cc1Br. The van der Waals surface area contributed by atoms with Crippen LogP contribution in [-0.4, -0.2) is 17.4 Å². The molecule has 0 aliphatic heterocycles. The first-order chi connectivity index (χ1) is 11.4. The standard InChI is InChI=1S/C17H17BrN2O4/c1-11(2)10-24-16-7-6-12(8-15(16)18)17(21)19-13-4-3-5-14(9-13)20(22)23/h3-9,11H,10H2,1-2H3,(H,19,21). The number of nitrogens with one attached hydrogen (secondary N) is 1. The lowest BCUT2D eigenvalue weighted by Crippen LogP contribution is -2.12. The molecule has 0 atom stereocenters. The Bertz CT molecular complexity index is 762. The number of anilines is 1. The van der Waals surface area contributed by atoms with E-state index in [1.807, 2.05) is 0 Å². The molecule has 2 aromatic rings. The third-order valence-corrected chi connectivity index (χ3v) is 3.70. The third kappa shape index (κ3) is 4.79. The highest BCUT2D eigenvalue weighted by Gasteiger charge is 2.12. The molecule has 24 heavy (non-hydrogen) atoms. The summed E-state index contributed by atoms with van der Waals surface area (Å²) in [6, 6.07) is 10.8. The number of benzene rings is 2. The second-order valence-corrected chi connectivity index (χ2v) is 6.47. The van der Waals surface area contributed by atoms with Gasteiger partial charge in [0.2, 0.25) is 0 Å².